The zero-order chi connectivity index (χ0) is 93.7. The molecular formula is C100H148N28O2. The summed E-state index contributed by atoms with van der Waals surface area (Å²) in [5, 5.41) is 0. The first-order valence-corrected chi connectivity index (χ1v) is 47.0. The van der Waals surface area contributed by atoms with Gasteiger partial charge >= 0.3 is 0 Å². The predicted octanol–water partition coefficient (Wildman–Crippen LogP) is 19.3. The lowest BCUT2D eigenvalue weighted by Crippen LogP contribution is -2.47. The van der Waals surface area contributed by atoms with Crippen molar-refractivity contribution in [2.45, 2.75) is 270 Å². The third-order valence-electron chi connectivity index (χ3n) is 22.9. The van der Waals surface area contributed by atoms with Crippen molar-refractivity contribution in [1.82, 2.24) is 118 Å². The molecule has 0 spiro atoms. The van der Waals surface area contributed by atoms with Gasteiger partial charge < -0.3 is 33.6 Å². The molecule has 1 atom stereocenters. The van der Waals surface area contributed by atoms with Gasteiger partial charge in [0.05, 0.1) is 177 Å². The van der Waals surface area contributed by atoms with Crippen molar-refractivity contribution >= 4 is 23.3 Å². The summed E-state index contributed by atoms with van der Waals surface area (Å²) >= 11 is 0. The quantitative estimate of drug-likeness (QED) is 0.0868. The Morgan fingerprint density at radius 2 is 0.662 bits per heavy atom. The number of nitrogens with zero attached hydrogens (tertiary/aromatic N) is 28. The molecule has 130 heavy (non-hydrogen) atoms. The van der Waals surface area contributed by atoms with Crippen LogP contribution in [-0.4, -0.2) is 215 Å². The molecule has 30 nitrogen and oxygen atoms in total. The second kappa shape index (κ2) is 52.5. The number of hydrogen-bond acceptors (Lipinski definition) is 26. The van der Waals surface area contributed by atoms with E-state index in [4.69, 9.17) is 9.47 Å². The average molecular weight is 1770 g/mol. The molecule has 0 radical (unpaired) electrons. The maximum Gasteiger partial charge on any atom is 0.156 e. The van der Waals surface area contributed by atoms with Crippen LogP contribution in [0.1, 0.15) is 301 Å². The highest BCUT2D eigenvalue weighted by atomic mass is 16.5. The number of ether oxygens (including phenoxy) is 2. The SMILES string of the molecule is CC(C)(C)N1CCOCC1.CC(C)c1cnc(-n2cccc2)cn1.CC(C)c1cnc(-n2ccnc2)cn1.CC(C)c1cnc(N2CCCCC2)cn1.CC(C)c1cnc(N2CCCCC2C)cn1.CC(C)c1cnc(N2CCOCC2)cn1.CC1CCN(c2cnc(C(C)C)cn2)CC1.Cc1cn(-c2cnc(C(C)C)cn2)cn1.Cc1nccn1-c1cnc(C(C)C)cn1. The Kier molecular flexibility index (Phi) is 41.3. The van der Waals surface area contributed by atoms with E-state index in [9.17, 15) is 0 Å². The van der Waals surface area contributed by atoms with Crippen LogP contribution < -0.4 is 19.6 Å². The summed E-state index contributed by atoms with van der Waals surface area (Å²) in [6, 6.07) is 4.55. The van der Waals surface area contributed by atoms with Crippen LogP contribution in [-0.2, 0) is 9.47 Å². The standard InChI is InChI=1S/2C13H21N3.C12H19N3.2C11H14N4.C11H17N3O.C11H13N3.C10H12N4.C8H17NO/c1-10(2)12-8-15-13(9-14-12)16-6-4-11(3)5-7-16;1-10(2)12-8-15-13(9-14-12)16-7-5-4-6-11(16)3;1-10(2)11-8-14-12(9-13-11)15-6-4-3-5-7-15;1-8(2)10-4-13-11(5-12-10)15-6-9(3)14-7-15;1-8(2)10-6-14-11(7-13-10)15-5-4-12-9(15)3;1-9(2)10-7-13-11(8-12-10)14-3-5-15-6-4-14;1-9(2)10-7-13-11(8-12-10)14-5-3-4-6-14;1-8(2)9-5-13-10(6-12-9)14-4-3-11-7-14;1-8(2,3)9-4-6-10-7-5-9/h2*8-11H,4-7H2,1-3H3;8-10H,3-7H2,1-2H3;2*4-8H,1-3H3;7-9H,3-6H2,1-2H3;3-9H,1-2H3;3-8H,1-2H3;4-7H2,1-3H3. The van der Waals surface area contributed by atoms with E-state index in [1.165, 1.54) is 51.4 Å². The summed E-state index contributed by atoms with van der Waals surface area (Å²) in [6.07, 6.45) is 56.5. The molecule has 12 aromatic rings. The molecule has 17 rings (SSSR count). The van der Waals surface area contributed by atoms with Crippen LogP contribution in [0.2, 0.25) is 0 Å². The lowest BCUT2D eigenvalue weighted by atomic mass is 9.99. The smallest absolute Gasteiger partial charge is 0.156 e. The van der Waals surface area contributed by atoms with Crippen LogP contribution in [0.25, 0.3) is 23.3 Å². The van der Waals surface area contributed by atoms with Crippen molar-refractivity contribution in [3.63, 3.8) is 0 Å². The summed E-state index contributed by atoms with van der Waals surface area (Å²) in [5.41, 5.74) is 9.64. The summed E-state index contributed by atoms with van der Waals surface area (Å²) in [7, 11) is 0. The number of anilines is 4. The summed E-state index contributed by atoms with van der Waals surface area (Å²) in [6.45, 7) is 62.2. The second-order valence-corrected chi connectivity index (χ2v) is 37.1. The normalized spacial score (nSPS) is 15.5. The topological polar surface area (TPSA) is 299 Å². The minimum Gasteiger partial charge on any atom is -0.379 e. The molecular weight excluding hydrogens is 1630 g/mol. The fourth-order valence-corrected chi connectivity index (χ4v) is 14.1. The van der Waals surface area contributed by atoms with Crippen molar-refractivity contribution in [2.24, 2.45) is 5.92 Å². The van der Waals surface area contributed by atoms with E-state index in [-0.39, 0.29) is 0 Å². The monoisotopic (exact) mass is 1770 g/mol. The number of piperidine rings is 3. The molecule has 700 valence electrons. The van der Waals surface area contributed by atoms with Crippen LogP contribution in [0.15, 0.2) is 167 Å². The Labute approximate surface area is 774 Å². The highest BCUT2D eigenvalue weighted by Gasteiger charge is 2.25. The van der Waals surface area contributed by atoms with Crippen molar-refractivity contribution in [3.05, 3.63) is 224 Å². The number of hydrogen-bond donors (Lipinski definition) is 0. The third kappa shape index (κ3) is 33.2. The lowest BCUT2D eigenvalue weighted by molar-refractivity contribution is -0.00389. The highest BCUT2D eigenvalue weighted by Crippen LogP contribution is 2.27. The van der Waals surface area contributed by atoms with Gasteiger partial charge in [-0.05, 0) is 158 Å². The van der Waals surface area contributed by atoms with Crippen molar-refractivity contribution < 1.29 is 9.47 Å². The number of morpholine rings is 2. The third-order valence-corrected chi connectivity index (χ3v) is 22.9. The van der Waals surface area contributed by atoms with Crippen LogP contribution in [0.4, 0.5) is 23.3 Å². The number of aryl methyl sites for hydroxylation is 2. The first kappa shape index (κ1) is 102. The van der Waals surface area contributed by atoms with E-state index < -0.39 is 0 Å². The molecule has 0 N–H and O–H groups in total. The van der Waals surface area contributed by atoms with Gasteiger partial charge in [0.2, 0.25) is 0 Å². The van der Waals surface area contributed by atoms with Crippen LogP contribution >= 0.6 is 0 Å². The fourth-order valence-electron chi connectivity index (χ4n) is 14.1. The van der Waals surface area contributed by atoms with Gasteiger partial charge in [0, 0.05) is 114 Å². The molecule has 5 fully saturated rings. The summed E-state index contributed by atoms with van der Waals surface area (Å²) in [5.74, 6) is 12.6. The van der Waals surface area contributed by atoms with Crippen molar-refractivity contribution in [1.29, 1.82) is 0 Å². The number of imidazole rings is 3. The average Bonchev–Trinajstić information content (AvgIpc) is 1.84. The Bertz CT molecular complexity index is 4860. The maximum atomic E-state index is 5.29. The Balaban J connectivity index is 0.000000165. The minimum absolute atomic E-state index is 0.323. The van der Waals surface area contributed by atoms with Gasteiger partial charge in [0.1, 0.15) is 41.8 Å². The van der Waals surface area contributed by atoms with Crippen molar-refractivity contribution in [3.8, 4) is 23.3 Å². The van der Waals surface area contributed by atoms with E-state index in [1.54, 1.807) is 56.0 Å². The second-order valence-electron chi connectivity index (χ2n) is 37.1. The maximum absolute atomic E-state index is 5.29. The zero-order valence-corrected chi connectivity index (χ0v) is 82.0. The van der Waals surface area contributed by atoms with E-state index >= 15 is 0 Å². The van der Waals surface area contributed by atoms with E-state index in [2.05, 4.69) is 265 Å². The zero-order valence-electron chi connectivity index (χ0n) is 82.0. The van der Waals surface area contributed by atoms with Crippen LogP contribution in [0.3, 0.4) is 0 Å². The van der Waals surface area contributed by atoms with Gasteiger partial charge in [-0.2, -0.15) is 0 Å². The molecule has 30 heteroatoms. The van der Waals surface area contributed by atoms with E-state index in [0.717, 1.165) is 195 Å². The van der Waals surface area contributed by atoms with Crippen LogP contribution in [0.5, 0.6) is 0 Å². The fraction of sp³-hybridized carbons (Fsp3) is 0.550. The number of aromatic nitrogens is 23. The molecule has 0 bridgehead atoms. The summed E-state index contributed by atoms with van der Waals surface area (Å²) in [4.78, 5) is 94.5. The van der Waals surface area contributed by atoms with Gasteiger partial charge in [0.25, 0.3) is 0 Å². The van der Waals surface area contributed by atoms with E-state index in [0.29, 0.717) is 58.9 Å². The van der Waals surface area contributed by atoms with Gasteiger partial charge in [-0.1, -0.05) is 118 Å². The molecule has 0 aromatic carbocycles. The Hall–Kier alpha value is -11.4. The lowest BCUT2D eigenvalue weighted by Gasteiger charge is -2.38. The Morgan fingerprint density at radius 3 is 0.992 bits per heavy atom. The summed E-state index contributed by atoms with van der Waals surface area (Å²) < 4.78 is 18.1. The molecule has 5 saturated heterocycles. The van der Waals surface area contributed by atoms with E-state index in [1.807, 2.05) is 143 Å². The molecule has 1 unspecified atom stereocenters. The van der Waals surface area contributed by atoms with Crippen molar-refractivity contribution in [2.75, 3.05) is 105 Å². The van der Waals surface area contributed by atoms with Gasteiger partial charge in [-0.3, -0.25) is 58.5 Å². The molecule has 0 aliphatic carbocycles. The minimum atomic E-state index is 0.323. The van der Waals surface area contributed by atoms with Gasteiger partial charge in [0.15, 0.2) is 23.3 Å². The predicted molar refractivity (Wildman–Crippen MR) is 522 cm³/mol. The molecule has 5 aliphatic heterocycles. The Morgan fingerprint density at radius 1 is 0.308 bits per heavy atom. The first-order valence-electron chi connectivity index (χ1n) is 47.0. The van der Waals surface area contributed by atoms with Crippen LogP contribution in [0, 0.1) is 19.8 Å². The molecule has 17 heterocycles. The highest BCUT2D eigenvalue weighted by molar-refractivity contribution is 5.40. The first-order chi connectivity index (χ1) is 62.4. The number of rotatable bonds is 16. The largest absolute Gasteiger partial charge is 0.379 e. The molecule has 12 aromatic heterocycles. The van der Waals surface area contributed by atoms with Gasteiger partial charge in [-0.25, -0.2) is 54.8 Å². The molecule has 0 saturated carbocycles. The molecule has 0 amide bonds. The van der Waals surface area contributed by atoms with Gasteiger partial charge in [-0.15, -0.1) is 0 Å². The molecule has 5 aliphatic rings.